The number of hydrogen-bond acceptors (Lipinski definition) is 4. The molecular weight excluding hydrogens is 286 g/mol. The number of nitrogens with zero attached hydrogens (tertiary/aromatic N) is 4. The van der Waals surface area contributed by atoms with E-state index in [0.717, 1.165) is 18.5 Å². The van der Waals surface area contributed by atoms with E-state index in [2.05, 4.69) is 15.5 Å². The summed E-state index contributed by atoms with van der Waals surface area (Å²) in [5.74, 6) is -1.26. The molecule has 0 aliphatic rings. The van der Waals surface area contributed by atoms with Crippen LogP contribution in [0, 0.1) is 6.92 Å². The van der Waals surface area contributed by atoms with Crippen LogP contribution in [-0.2, 0) is 11.3 Å². The summed E-state index contributed by atoms with van der Waals surface area (Å²) in [4.78, 5) is 22.8. The minimum Gasteiger partial charge on any atom is -0.480 e. The first kappa shape index (κ1) is 15.7. The van der Waals surface area contributed by atoms with Crippen molar-refractivity contribution in [2.75, 3.05) is 6.54 Å². The lowest BCUT2D eigenvalue weighted by atomic mass is 10.3. The van der Waals surface area contributed by atoms with Crippen LogP contribution >= 0.6 is 0 Å². The number of rotatable bonds is 7. The van der Waals surface area contributed by atoms with Crippen molar-refractivity contribution < 1.29 is 14.7 Å². The number of nitrogens with one attached hydrogen (secondary N) is 1. The maximum atomic E-state index is 11.9. The van der Waals surface area contributed by atoms with Gasteiger partial charge in [0.2, 0.25) is 0 Å². The van der Waals surface area contributed by atoms with Gasteiger partial charge in [0.05, 0.1) is 18.0 Å². The Morgan fingerprint density at radius 3 is 2.73 bits per heavy atom. The summed E-state index contributed by atoms with van der Waals surface area (Å²) in [5, 5.41) is 19.7. The fourth-order valence-corrected chi connectivity index (χ4v) is 1.91. The zero-order valence-corrected chi connectivity index (χ0v) is 12.6. The van der Waals surface area contributed by atoms with Crippen molar-refractivity contribution in [3.05, 3.63) is 35.9 Å². The predicted octanol–water partition coefficient (Wildman–Crippen LogP) is 0.854. The van der Waals surface area contributed by atoms with Crippen LogP contribution in [0.25, 0.3) is 0 Å². The van der Waals surface area contributed by atoms with Gasteiger partial charge in [-0.1, -0.05) is 0 Å². The molecule has 0 aliphatic heterocycles. The highest BCUT2D eigenvalue weighted by atomic mass is 16.4. The van der Waals surface area contributed by atoms with Gasteiger partial charge in [0.15, 0.2) is 0 Å². The van der Waals surface area contributed by atoms with Gasteiger partial charge in [0, 0.05) is 25.5 Å². The summed E-state index contributed by atoms with van der Waals surface area (Å²) in [6, 6.07) is -0.801. The quantitative estimate of drug-likeness (QED) is 0.738. The van der Waals surface area contributed by atoms with E-state index in [-0.39, 0.29) is 5.91 Å². The lowest BCUT2D eigenvalue weighted by Crippen LogP contribution is -2.25. The van der Waals surface area contributed by atoms with E-state index >= 15 is 0 Å². The number of aromatic nitrogens is 4. The van der Waals surface area contributed by atoms with Crippen LogP contribution in [0.5, 0.6) is 0 Å². The molecule has 1 atom stereocenters. The third kappa shape index (κ3) is 3.94. The highest BCUT2D eigenvalue weighted by Crippen LogP contribution is 2.06. The monoisotopic (exact) mass is 305 g/mol. The molecular formula is C14H19N5O3. The highest BCUT2D eigenvalue weighted by Gasteiger charge is 2.16. The molecule has 0 fully saturated rings. The Morgan fingerprint density at radius 2 is 2.09 bits per heavy atom. The van der Waals surface area contributed by atoms with Crippen LogP contribution in [0.15, 0.2) is 24.8 Å². The molecule has 22 heavy (non-hydrogen) atoms. The normalized spacial score (nSPS) is 12.1. The van der Waals surface area contributed by atoms with Gasteiger partial charge in [0.1, 0.15) is 6.04 Å². The number of aliphatic carboxylic acids is 1. The molecule has 8 nitrogen and oxygen atoms in total. The maximum Gasteiger partial charge on any atom is 0.328 e. The Hall–Kier alpha value is -2.64. The first-order valence-corrected chi connectivity index (χ1v) is 7.01. The second-order valence-corrected chi connectivity index (χ2v) is 5.11. The smallest absolute Gasteiger partial charge is 0.328 e. The standard InChI is InChI=1S/C14H19N5O3/c1-10-6-16-18(8-10)5-3-4-15-13(20)12-7-17-19(9-12)11(2)14(21)22/h6-9,11H,3-5H2,1-2H3,(H,15,20)(H,21,22). The van der Waals surface area contributed by atoms with E-state index < -0.39 is 12.0 Å². The van der Waals surface area contributed by atoms with E-state index in [0.29, 0.717) is 12.1 Å². The second-order valence-electron chi connectivity index (χ2n) is 5.11. The average Bonchev–Trinajstić information content (AvgIpc) is 3.11. The summed E-state index contributed by atoms with van der Waals surface area (Å²) >= 11 is 0. The molecule has 1 unspecified atom stereocenters. The molecule has 2 aromatic heterocycles. The molecule has 118 valence electrons. The molecule has 0 saturated heterocycles. The number of amides is 1. The third-order valence-corrected chi connectivity index (χ3v) is 3.23. The van der Waals surface area contributed by atoms with Crippen LogP contribution in [0.1, 0.15) is 35.3 Å². The van der Waals surface area contributed by atoms with Crippen molar-refractivity contribution in [2.45, 2.75) is 32.9 Å². The number of carboxylic acids is 1. The Morgan fingerprint density at radius 1 is 1.32 bits per heavy atom. The van der Waals surface area contributed by atoms with Gasteiger partial charge < -0.3 is 10.4 Å². The van der Waals surface area contributed by atoms with Crippen molar-refractivity contribution in [2.24, 2.45) is 0 Å². The van der Waals surface area contributed by atoms with Crippen molar-refractivity contribution in [1.82, 2.24) is 24.9 Å². The Balaban J connectivity index is 1.79. The van der Waals surface area contributed by atoms with Crippen LogP contribution in [0.2, 0.25) is 0 Å². The van der Waals surface area contributed by atoms with Gasteiger partial charge in [0.25, 0.3) is 5.91 Å². The molecule has 1 amide bonds. The van der Waals surface area contributed by atoms with Crippen molar-refractivity contribution in [1.29, 1.82) is 0 Å². The van der Waals surface area contributed by atoms with Gasteiger partial charge in [-0.3, -0.25) is 14.2 Å². The van der Waals surface area contributed by atoms with E-state index in [9.17, 15) is 9.59 Å². The van der Waals surface area contributed by atoms with Crippen LogP contribution in [-0.4, -0.2) is 43.1 Å². The lowest BCUT2D eigenvalue weighted by Gasteiger charge is -2.05. The van der Waals surface area contributed by atoms with Crippen LogP contribution in [0.3, 0.4) is 0 Å². The number of carbonyl (C=O) groups excluding carboxylic acids is 1. The molecule has 2 rings (SSSR count). The number of carbonyl (C=O) groups is 2. The summed E-state index contributed by atoms with van der Waals surface area (Å²) in [6.45, 7) is 4.71. The zero-order valence-electron chi connectivity index (χ0n) is 12.6. The molecule has 0 aliphatic carbocycles. The van der Waals surface area contributed by atoms with Gasteiger partial charge in [-0.15, -0.1) is 0 Å². The molecule has 0 bridgehead atoms. The fraction of sp³-hybridized carbons (Fsp3) is 0.429. The predicted molar refractivity (Wildman–Crippen MR) is 78.5 cm³/mol. The molecule has 0 radical (unpaired) electrons. The summed E-state index contributed by atoms with van der Waals surface area (Å²) in [7, 11) is 0. The molecule has 2 heterocycles. The van der Waals surface area contributed by atoms with Crippen molar-refractivity contribution in [3.8, 4) is 0 Å². The average molecular weight is 305 g/mol. The summed E-state index contributed by atoms with van der Waals surface area (Å²) in [6.07, 6.45) is 7.29. The largest absolute Gasteiger partial charge is 0.480 e. The maximum absolute atomic E-state index is 11.9. The van der Waals surface area contributed by atoms with Gasteiger partial charge in [-0.2, -0.15) is 10.2 Å². The lowest BCUT2D eigenvalue weighted by molar-refractivity contribution is -0.140. The third-order valence-electron chi connectivity index (χ3n) is 3.23. The van der Waals surface area contributed by atoms with Crippen LogP contribution in [0.4, 0.5) is 0 Å². The van der Waals surface area contributed by atoms with E-state index in [1.165, 1.54) is 24.0 Å². The van der Waals surface area contributed by atoms with Gasteiger partial charge in [-0.25, -0.2) is 4.79 Å². The molecule has 8 heteroatoms. The minimum atomic E-state index is -0.996. The molecule has 0 saturated carbocycles. The fourth-order valence-electron chi connectivity index (χ4n) is 1.91. The Bertz CT molecular complexity index is 661. The molecule has 2 N–H and O–H groups in total. The topological polar surface area (TPSA) is 102 Å². The van der Waals surface area contributed by atoms with Gasteiger partial charge >= 0.3 is 5.97 Å². The molecule has 0 aromatic carbocycles. The molecule has 2 aromatic rings. The second kappa shape index (κ2) is 6.88. The van der Waals surface area contributed by atoms with Gasteiger partial charge in [-0.05, 0) is 25.8 Å². The first-order chi connectivity index (χ1) is 10.5. The van der Waals surface area contributed by atoms with E-state index in [1.54, 1.807) is 6.20 Å². The van der Waals surface area contributed by atoms with Crippen molar-refractivity contribution in [3.63, 3.8) is 0 Å². The summed E-state index contributed by atoms with van der Waals surface area (Å²) in [5.41, 5.74) is 1.45. The first-order valence-electron chi connectivity index (χ1n) is 7.01. The Labute approximate surface area is 127 Å². The van der Waals surface area contributed by atoms with Crippen LogP contribution < -0.4 is 5.32 Å². The van der Waals surface area contributed by atoms with E-state index in [4.69, 9.17) is 5.11 Å². The number of carboxylic acid groups (broad SMARTS) is 1. The number of hydrogen-bond donors (Lipinski definition) is 2. The molecule has 0 spiro atoms. The zero-order chi connectivity index (χ0) is 16.1. The SMILES string of the molecule is Cc1cnn(CCCNC(=O)c2cnn(C(C)C(=O)O)c2)c1. The highest BCUT2D eigenvalue weighted by molar-refractivity contribution is 5.93. The minimum absolute atomic E-state index is 0.263. The van der Waals surface area contributed by atoms with Crippen molar-refractivity contribution >= 4 is 11.9 Å². The van der Waals surface area contributed by atoms with E-state index in [1.807, 2.05) is 17.8 Å². The number of aryl methyl sites for hydroxylation is 2. The Kier molecular flexibility index (Phi) is 4.92. The summed E-state index contributed by atoms with van der Waals surface area (Å²) < 4.78 is 3.08.